The minimum absolute atomic E-state index is 0.121. The predicted octanol–water partition coefficient (Wildman–Crippen LogP) is 0.630. The van der Waals surface area contributed by atoms with Gasteiger partial charge in [-0.25, -0.2) is 16.8 Å². The van der Waals surface area contributed by atoms with Crippen molar-refractivity contribution in [3.8, 4) is 0 Å². The minimum Gasteiger partial charge on any atom is -0.270 e. The molecule has 1 aliphatic heterocycles. The van der Waals surface area contributed by atoms with E-state index in [2.05, 4.69) is 0 Å². The number of sulfone groups is 1. The van der Waals surface area contributed by atoms with Gasteiger partial charge in [0.25, 0.3) is 0 Å². The Morgan fingerprint density at radius 3 is 2.53 bits per heavy atom. The summed E-state index contributed by atoms with van der Waals surface area (Å²) in [5.41, 5.74) is 0.422. The second-order valence-electron chi connectivity index (χ2n) is 4.01. The Balaban J connectivity index is 2.48. The fourth-order valence-corrected chi connectivity index (χ4v) is 4.02. The van der Waals surface area contributed by atoms with E-state index in [1.165, 1.54) is 16.4 Å². The van der Waals surface area contributed by atoms with Crippen LogP contribution in [0.15, 0.2) is 29.2 Å². The summed E-state index contributed by atoms with van der Waals surface area (Å²) in [7, 11) is -6.58. The lowest BCUT2D eigenvalue weighted by atomic mass is 10.3. The Kier molecular flexibility index (Phi) is 2.90. The number of sulfonamides is 1. The van der Waals surface area contributed by atoms with Crippen molar-refractivity contribution in [3.63, 3.8) is 0 Å². The molecule has 0 radical (unpaired) electrons. The molecule has 1 saturated heterocycles. The molecule has 0 N–H and O–H groups in total. The first kappa shape index (κ1) is 12.4. The molecule has 0 unspecified atom stereocenters. The highest BCUT2D eigenvalue weighted by atomic mass is 32.2. The van der Waals surface area contributed by atoms with Crippen molar-refractivity contribution in [2.45, 2.75) is 11.3 Å². The van der Waals surface area contributed by atoms with Gasteiger partial charge in [-0.3, -0.25) is 4.31 Å². The van der Waals surface area contributed by atoms with Crippen LogP contribution in [-0.4, -0.2) is 35.4 Å². The van der Waals surface area contributed by atoms with E-state index in [4.69, 9.17) is 0 Å². The zero-order valence-corrected chi connectivity index (χ0v) is 11.0. The van der Waals surface area contributed by atoms with Crippen molar-refractivity contribution in [1.29, 1.82) is 0 Å². The summed E-state index contributed by atoms with van der Waals surface area (Å²) in [6.45, 7) is 0.412. The summed E-state index contributed by atoms with van der Waals surface area (Å²) in [6.07, 6.45) is 1.68. The van der Waals surface area contributed by atoms with Crippen LogP contribution in [0.1, 0.15) is 6.42 Å². The van der Waals surface area contributed by atoms with E-state index in [9.17, 15) is 16.8 Å². The molecule has 1 heterocycles. The first-order valence-corrected chi connectivity index (χ1v) is 8.61. The molecular formula is C10H13NO4S2. The van der Waals surface area contributed by atoms with Crippen LogP contribution in [0.3, 0.4) is 0 Å². The number of nitrogens with zero attached hydrogens (tertiary/aromatic N) is 1. The van der Waals surface area contributed by atoms with Gasteiger partial charge in [0, 0.05) is 12.8 Å². The minimum atomic E-state index is -3.31. The van der Waals surface area contributed by atoms with Gasteiger partial charge >= 0.3 is 0 Å². The van der Waals surface area contributed by atoms with Crippen molar-refractivity contribution in [2.75, 3.05) is 22.9 Å². The van der Waals surface area contributed by atoms with Crippen LogP contribution in [0.2, 0.25) is 0 Å². The van der Waals surface area contributed by atoms with Gasteiger partial charge < -0.3 is 0 Å². The lowest BCUT2D eigenvalue weighted by molar-refractivity contribution is 0.597. The van der Waals surface area contributed by atoms with Crippen LogP contribution in [0.4, 0.5) is 5.69 Å². The van der Waals surface area contributed by atoms with Crippen LogP contribution >= 0.6 is 0 Å². The topological polar surface area (TPSA) is 71.5 Å². The first-order valence-electron chi connectivity index (χ1n) is 5.11. The zero-order chi connectivity index (χ0) is 12.7. The van der Waals surface area contributed by atoms with Crippen molar-refractivity contribution < 1.29 is 16.8 Å². The Hall–Kier alpha value is -1.08. The van der Waals surface area contributed by atoms with Gasteiger partial charge in [-0.05, 0) is 24.6 Å². The number of rotatable bonds is 2. The lowest BCUT2D eigenvalue weighted by Crippen LogP contribution is -2.25. The molecule has 7 heteroatoms. The zero-order valence-electron chi connectivity index (χ0n) is 9.33. The van der Waals surface area contributed by atoms with Crippen LogP contribution in [0.25, 0.3) is 0 Å². The standard InChI is InChI=1S/C10H13NO4S2/c1-16(12,13)10-5-2-4-9(8-10)11-6-3-7-17(11,14)15/h2,4-5,8H,3,6-7H2,1H3. The maximum absolute atomic E-state index is 11.7. The molecule has 2 rings (SSSR count). The Morgan fingerprint density at radius 1 is 1.29 bits per heavy atom. The molecule has 17 heavy (non-hydrogen) atoms. The third-order valence-corrected chi connectivity index (χ3v) is 5.61. The van der Waals surface area contributed by atoms with E-state index >= 15 is 0 Å². The fourth-order valence-electron chi connectivity index (χ4n) is 1.80. The number of hydrogen-bond donors (Lipinski definition) is 0. The van der Waals surface area contributed by atoms with Gasteiger partial charge in [-0.2, -0.15) is 0 Å². The summed E-state index contributed by atoms with van der Waals surface area (Å²) in [6, 6.07) is 6.02. The van der Waals surface area contributed by atoms with Crippen LogP contribution < -0.4 is 4.31 Å². The van der Waals surface area contributed by atoms with E-state index in [0.29, 0.717) is 18.7 Å². The highest BCUT2D eigenvalue weighted by Crippen LogP contribution is 2.25. The smallest absolute Gasteiger partial charge is 0.235 e. The molecule has 0 amide bonds. The van der Waals surface area contributed by atoms with Gasteiger partial charge in [-0.1, -0.05) is 6.07 Å². The van der Waals surface area contributed by atoms with Crippen molar-refractivity contribution >= 4 is 25.5 Å². The second-order valence-corrected chi connectivity index (χ2v) is 8.04. The van der Waals surface area contributed by atoms with Crippen molar-refractivity contribution in [2.24, 2.45) is 0 Å². The van der Waals surface area contributed by atoms with E-state index in [1.807, 2.05) is 0 Å². The Morgan fingerprint density at radius 2 is 2.00 bits per heavy atom. The molecular weight excluding hydrogens is 262 g/mol. The Bertz CT molecular complexity index is 634. The van der Waals surface area contributed by atoms with Crippen molar-refractivity contribution in [3.05, 3.63) is 24.3 Å². The fraction of sp³-hybridized carbons (Fsp3) is 0.400. The maximum atomic E-state index is 11.7. The van der Waals surface area contributed by atoms with Crippen LogP contribution in [-0.2, 0) is 19.9 Å². The average molecular weight is 275 g/mol. The third kappa shape index (κ3) is 2.44. The normalized spacial score (nSPS) is 19.5. The SMILES string of the molecule is CS(=O)(=O)c1cccc(N2CCCS2(=O)=O)c1. The molecule has 1 aliphatic rings. The second kappa shape index (κ2) is 3.99. The first-order chi connectivity index (χ1) is 7.81. The van der Waals surface area contributed by atoms with E-state index in [0.717, 1.165) is 6.26 Å². The summed E-state index contributed by atoms with van der Waals surface area (Å²) in [4.78, 5) is 0.136. The van der Waals surface area contributed by atoms with E-state index in [-0.39, 0.29) is 10.6 Å². The number of anilines is 1. The predicted molar refractivity (Wildman–Crippen MR) is 65.3 cm³/mol. The number of benzene rings is 1. The third-order valence-electron chi connectivity index (χ3n) is 2.63. The lowest BCUT2D eigenvalue weighted by Gasteiger charge is -2.17. The van der Waals surface area contributed by atoms with Gasteiger partial charge in [0.1, 0.15) is 0 Å². The van der Waals surface area contributed by atoms with Crippen LogP contribution in [0, 0.1) is 0 Å². The molecule has 0 aromatic heterocycles. The molecule has 0 spiro atoms. The van der Waals surface area contributed by atoms with Crippen LogP contribution in [0.5, 0.6) is 0 Å². The molecule has 0 atom stereocenters. The highest BCUT2D eigenvalue weighted by Gasteiger charge is 2.28. The number of hydrogen-bond acceptors (Lipinski definition) is 4. The maximum Gasteiger partial charge on any atom is 0.235 e. The van der Waals surface area contributed by atoms with Gasteiger partial charge in [0.05, 0.1) is 16.3 Å². The van der Waals surface area contributed by atoms with Gasteiger partial charge in [0.15, 0.2) is 9.84 Å². The molecule has 1 aromatic rings. The largest absolute Gasteiger partial charge is 0.270 e. The van der Waals surface area contributed by atoms with Crippen molar-refractivity contribution in [1.82, 2.24) is 0 Å². The molecule has 0 aliphatic carbocycles. The molecule has 5 nitrogen and oxygen atoms in total. The molecule has 0 bridgehead atoms. The summed E-state index contributed by atoms with van der Waals surface area (Å²) in [5, 5.41) is 0. The molecule has 1 fully saturated rings. The van der Waals surface area contributed by atoms with E-state index in [1.54, 1.807) is 12.1 Å². The highest BCUT2D eigenvalue weighted by molar-refractivity contribution is 7.93. The average Bonchev–Trinajstić information content (AvgIpc) is 2.57. The Labute approximate surface area is 101 Å². The summed E-state index contributed by atoms with van der Waals surface area (Å²) in [5.74, 6) is 0.121. The molecule has 0 saturated carbocycles. The van der Waals surface area contributed by atoms with E-state index < -0.39 is 19.9 Å². The quantitative estimate of drug-likeness (QED) is 0.793. The van der Waals surface area contributed by atoms with Gasteiger partial charge in [-0.15, -0.1) is 0 Å². The monoisotopic (exact) mass is 275 g/mol. The summed E-state index contributed by atoms with van der Waals surface area (Å²) < 4.78 is 47.5. The van der Waals surface area contributed by atoms with Gasteiger partial charge in [0.2, 0.25) is 10.0 Å². The summed E-state index contributed by atoms with van der Waals surface area (Å²) >= 11 is 0. The molecule has 1 aromatic carbocycles. The molecule has 94 valence electrons.